The Morgan fingerprint density at radius 3 is 2.43 bits per heavy atom. The van der Waals surface area contributed by atoms with Gasteiger partial charge in [-0.3, -0.25) is 4.79 Å². The van der Waals surface area contributed by atoms with Gasteiger partial charge >= 0.3 is 5.97 Å². The van der Waals surface area contributed by atoms with Crippen molar-refractivity contribution in [2.45, 2.75) is 20.3 Å². The van der Waals surface area contributed by atoms with Crippen molar-refractivity contribution in [2.75, 3.05) is 0 Å². The average molecular weight is 327 g/mol. The van der Waals surface area contributed by atoms with Gasteiger partial charge in [0, 0.05) is 12.0 Å². The van der Waals surface area contributed by atoms with E-state index in [2.05, 4.69) is 0 Å². The fraction of sp³-hybridized carbons (Fsp3) is 0.375. The second-order valence-electron chi connectivity index (χ2n) is 6.10. The van der Waals surface area contributed by atoms with E-state index in [-0.39, 0.29) is 0 Å². The highest BCUT2D eigenvalue weighted by atomic mass is 19.2. The molecule has 0 bridgehead atoms. The van der Waals surface area contributed by atoms with Gasteiger partial charge in [-0.05, 0) is 23.5 Å². The minimum absolute atomic E-state index is 0.470. The lowest BCUT2D eigenvalue weighted by molar-refractivity contribution is -0.145. The predicted octanol–water partition coefficient (Wildman–Crippen LogP) is 3.59. The lowest BCUT2D eigenvalue weighted by Gasteiger charge is -2.16. The summed E-state index contributed by atoms with van der Waals surface area (Å²) >= 11 is 0. The van der Waals surface area contributed by atoms with Crippen LogP contribution in [0.5, 0.6) is 0 Å². The molecule has 0 heterocycles. The molecule has 1 aromatic carbocycles. The van der Waals surface area contributed by atoms with Gasteiger partial charge in [-0.15, -0.1) is 0 Å². The van der Waals surface area contributed by atoms with Crippen LogP contribution in [0.3, 0.4) is 0 Å². The standard InChI is InChI=1S/C16H13F4NO2/c1-15(2)10(4-3-5-21)16(15,14(22)23)7-8-6-9(17)12(19)13(20)11(8)18/h3-4,6,10H,7H2,1-2H3,(H,22,23)/b4-3-/t10-,16-/m0/s1. The van der Waals surface area contributed by atoms with Crippen molar-refractivity contribution in [1.82, 2.24) is 0 Å². The molecule has 0 spiro atoms. The van der Waals surface area contributed by atoms with E-state index in [1.165, 1.54) is 6.08 Å². The van der Waals surface area contributed by atoms with Gasteiger partial charge in [0.05, 0.1) is 11.5 Å². The Balaban J connectivity index is 2.51. The number of aliphatic carboxylic acids is 1. The molecule has 0 amide bonds. The van der Waals surface area contributed by atoms with Crippen LogP contribution in [-0.4, -0.2) is 11.1 Å². The molecule has 1 aliphatic carbocycles. The smallest absolute Gasteiger partial charge is 0.311 e. The van der Waals surface area contributed by atoms with Crippen LogP contribution >= 0.6 is 0 Å². The summed E-state index contributed by atoms with van der Waals surface area (Å²) in [7, 11) is 0. The van der Waals surface area contributed by atoms with Crippen LogP contribution in [0.4, 0.5) is 17.6 Å². The molecule has 2 rings (SSSR count). The number of halogens is 4. The highest BCUT2D eigenvalue weighted by Crippen LogP contribution is 2.71. The van der Waals surface area contributed by atoms with Crippen LogP contribution in [0, 0.1) is 51.3 Å². The van der Waals surface area contributed by atoms with Crippen molar-refractivity contribution in [3.8, 4) is 6.07 Å². The molecule has 23 heavy (non-hydrogen) atoms. The number of hydrogen-bond acceptors (Lipinski definition) is 2. The van der Waals surface area contributed by atoms with Gasteiger partial charge in [-0.25, -0.2) is 17.6 Å². The van der Waals surface area contributed by atoms with Gasteiger partial charge in [0.25, 0.3) is 0 Å². The number of carboxylic acids is 1. The summed E-state index contributed by atoms with van der Waals surface area (Å²) in [6.45, 7) is 3.20. The molecule has 1 fully saturated rings. The molecule has 122 valence electrons. The second kappa shape index (κ2) is 5.37. The Morgan fingerprint density at radius 2 is 1.91 bits per heavy atom. The van der Waals surface area contributed by atoms with Crippen molar-refractivity contribution in [1.29, 1.82) is 5.26 Å². The fourth-order valence-corrected chi connectivity index (χ4v) is 3.31. The summed E-state index contributed by atoms with van der Waals surface area (Å²) in [4.78, 5) is 11.7. The first-order chi connectivity index (χ1) is 10.6. The molecule has 1 N–H and O–H groups in total. The topological polar surface area (TPSA) is 61.1 Å². The van der Waals surface area contributed by atoms with Crippen molar-refractivity contribution in [2.24, 2.45) is 16.7 Å². The third-order valence-corrected chi connectivity index (χ3v) is 4.77. The Hall–Kier alpha value is -2.36. The predicted molar refractivity (Wildman–Crippen MR) is 72.1 cm³/mol. The fourth-order valence-electron chi connectivity index (χ4n) is 3.31. The summed E-state index contributed by atoms with van der Waals surface area (Å²) in [6.07, 6.45) is 1.97. The van der Waals surface area contributed by atoms with Crippen LogP contribution < -0.4 is 0 Å². The summed E-state index contributed by atoms with van der Waals surface area (Å²) < 4.78 is 53.5. The van der Waals surface area contributed by atoms with E-state index in [1.54, 1.807) is 19.9 Å². The third-order valence-electron chi connectivity index (χ3n) is 4.77. The van der Waals surface area contributed by atoms with Gasteiger partial charge in [0.1, 0.15) is 0 Å². The molecule has 2 atom stereocenters. The zero-order valence-electron chi connectivity index (χ0n) is 12.3. The lowest BCUT2D eigenvalue weighted by Crippen LogP contribution is -2.25. The maximum atomic E-state index is 13.8. The second-order valence-corrected chi connectivity index (χ2v) is 6.10. The molecular weight excluding hydrogens is 314 g/mol. The number of carbonyl (C=O) groups is 1. The maximum Gasteiger partial charge on any atom is 0.311 e. The Kier molecular flexibility index (Phi) is 3.97. The van der Waals surface area contributed by atoms with Crippen molar-refractivity contribution < 1.29 is 27.5 Å². The number of hydrogen-bond donors (Lipinski definition) is 1. The van der Waals surface area contributed by atoms with Gasteiger partial charge in [-0.1, -0.05) is 19.9 Å². The van der Waals surface area contributed by atoms with E-state index in [1.807, 2.05) is 0 Å². The Bertz CT molecular complexity index is 751. The number of nitriles is 1. The van der Waals surface area contributed by atoms with E-state index in [4.69, 9.17) is 5.26 Å². The Morgan fingerprint density at radius 1 is 1.30 bits per heavy atom. The van der Waals surface area contributed by atoms with E-state index in [0.717, 1.165) is 6.08 Å². The number of rotatable bonds is 4. The number of benzene rings is 1. The van der Waals surface area contributed by atoms with E-state index in [9.17, 15) is 27.5 Å². The average Bonchev–Trinajstić information content (AvgIpc) is 2.96. The van der Waals surface area contributed by atoms with Crippen molar-refractivity contribution in [3.05, 3.63) is 47.1 Å². The maximum absolute atomic E-state index is 13.8. The van der Waals surface area contributed by atoms with Crippen LogP contribution in [-0.2, 0) is 11.2 Å². The van der Waals surface area contributed by atoms with E-state index in [0.29, 0.717) is 6.07 Å². The highest BCUT2D eigenvalue weighted by molar-refractivity contribution is 5.82. The van der Waals surface area contributed by atoms with Crippen molar-refractivity contribution >= 4 is 5.97 Å². The molecule has 1 aromatic rings. The molecule has 3 nitrogen and oxygen atoms in total. The quantitative estimate of drug-likeness (QED) is 0.398. The minimum Gasteiger partial charge on any atom is -0.481 e. The lowest BCUT2D eigenvalue weighted by atomic mass is 9.88. The van der Waals surface area contributed by atoms with E-state index >= 15 is 0 Å². The third kappa shape index (κ3) is 2.29. The molecule has 7 heteroatoms. The molecule has 1 aliphatic rings. The first-order valence-corrected chi connectivity index (χ1v) is 6.72. The molecule has 0 radical (unpaired) electrons. The number of nitrogens with zero attached hydrogens (tertiary/aromatic N) is 1. The van der Waals surface area contributed by atoms with Gasteiger partial charge in [0.2, 0.25) is 0 Å². The van der Waals surface area contributed by atoms with E-state index < -0.39 is 58.0 Å². The van der Waals surface area contributed by atoms with Gasteiger partial charge in [0.15, 0.2) is 23.3 Å². The summed E-state index contributed by atoms with van der Waals surface area (Å²) in [5.41, 5.74) is -2.94. The summed E-state index contributed by atoms with van der Waals surface area (Å²) in [5, 5.41) is 18.1. The summed E-state index contributed by atoms with van der Waals surface area (Å²) in [5.74, 6) is -8.99. The van der Waals surface area contributed by atoms with Crippen LogP contribution in [0.1, 0.15) is 19.4 Å². The molecule has 0 aromatic heterocycles. The first-order valence-electron chi connectivity index (χ1n) is 6.72. The van der Waals surface area contributed by atoms with Crippen molar-refractivity contribution in [3.63, 3.8) is 0 Å². The minimum atomic E-state index is -1.97. The molecule has 0 saturated heterocycles. The first kappa shape index (κ1) is 17.0. The van der Waals surface area contributed by atoms with Crippen LogP contribution in [0.15, 0.2) is 18.2 Å². The zero-order valence-corrected chi connectivity index (χ0v) is 12.3. The number of allylic oxidation sites excluding steroid dienone is 2. The molecule has 0 unspecified atom stereocenters. The SMILES string of the molecule is CC1(C)[C@H](/C=C\C#N)[C@@]1(Cc1cc(F)c(F)c(F)c1F)C(=O)O. The largest absolute Gasteiger partial charge is 0.481 e. The zero-order chi connectivity index (χ0) is 17.6. The van der Waals surface area contributed by atoms with Crippen LogP contribution in [0.2, 0.25) is 0 Å². The monoisotopic (exact) mass is 327 g/mol. The Labute approximate surface area is 129 Å². The highest BCUT2D eigenvalue weighted by Gasteiger charge is 2.74. The molecular formula is C16H13F4NO2. The van der Waals surface area contributed by atoms with Gasteiger partial charge < -0.3 is 5.11 Å². The van der Waals surface area contributed by atoms with Crippen LogP contribution in [0.25, 0.3) is 0 Å². The summed E-state index contributed by atoms with van der Waals surface area (Å²) in [6, 6.07) is 2.21. The van der Waals surface area contributed by atoms with Gasteiger partial charge in [-0.2, -0.15) is 5.26 Å². The molecule has 0 aliphatic heterocycles. The normalized spacial score (nSPS) is 25.3. The number of carboxylic acid groups (broad SMARTS) is 1. The molecule has 1 saturated carbocycles.